The molecule has 0 unspecified atom stereocenters. The molecule has 94 valence electrons. The van der Waals surface area contributed by atoms with Gasteiger partial charge in [-0.2, -0.15) is 5.10 Å². The number of rotatable bonds is 6. The molecule has 0 aromatic carbocycles. The zero-order valence-corrected chi connectivity index (χ0v) is 9.79. The Kier molecular flexibility index (Phi) is 4.65. The highest BCUT2D eigenvalue weighted by atomic mass is 16.5. The van der Waals surface area contributed by atoms with E-state index in [0.29, 0.717) is 6.54 Å². The predicted molar refractivity (Wildman–Crippen MR) is 58.1 cm³/mol. The summed E-state index contributed by atoms with van der Waals surface area (Å²) < 4.78 is 6.36. The van der Waals surface area contributed by atoms with E-state index in [0.717, 1.165) is 5.56 Å². The largest absolute Gasteiger partial charge is 0.480 e. The second-order valence-corrected chi connectivity index (χ2v) is 3.66. The lowest BCUT2D eigenvalue weighted by atomic mass is 10.3. The lowest BCUT2D eigenvalue weighted by Gasteiger charge is -2.15. The van der Waals surface area contributed by atoms with Crippen molar-refractivity contribution in [3.05, 3.63) is 18.0 Å². The average molecular weight is 241 g/mol. The molecule has 1 aromatic rings. The second-order valence-electron chi connectivity index (χ2n) is 3.66. The van der Waals surface area contributed by atoms with Crippen molar-refractivity contribution in [2.75, 3.05) is 20.3 Å². The third-order valence-electron chi connectivity index (χ3n) is 2.05. The lowest BCUT2D eigenvalue weighted by molar-refractivity contribution is -0.145. The normalized spacial score (nSPS) is 10.2. The van der Waals surface area contributed by atoms with E-state index in [9.17, 15) is 9.59 Å². The number of carbonyl (C=O) groups is 2. The molecule has 0 saturated carbocycles. The van der Waals surface area contributed by atoms with E-state index in [1.807, 2.05) is 6.20 Å². The Bertz CT molecular complexity index is 402. The first-order valence-corrected chi connectivity index (χ1v) is 5.00. The van der Waals surface area contributed by atoms with Gasteiger partial charge in [-0.15, -0.1) is 0 Å². The molecule has 0 bridgehead atoms. The van der Waals surface area contributed by atoms with E-state index < -0.39 is 12.6 Å². The van der Waals surface area contributed by atoms with Gasteiger partial charge >= 0.3 is 5.97 Å². The highest BCUT2D eigenvalue weighted by Crippen LogP contribution is 2.01. The van der Waals surface area contributed by atoms with Crippen LogP contribution in [0.25, 0.3) is 0 Å². The van der Waals surface area contributed by atoms with Crippen LogP contribution < -0.4 is 0 Å². The fourth-order valence-corrected chi connectivity index (χ4v) is 1.25. The number of hydrogen-bond acceptors (Lipinski definition) is 4. The van der Waals surface area contributed by atoms with Crippen LogP contribution in [-0.4, -0.2) is 51.9 Å². The van der Waals surface area contributed by atoms with Gasteiger partial charge in [0.2, 0.25) is 5.91 Å². The number of carboxylic acid groups (broad SMARTS) is 1. The summed E-state index contributed by atoms with van der Waals surface area (Å²) >= 11 is 0. The van der Waals surface area contributed by atoms with Crippen LogP contribution in [0, 0.1) is 0 Å². The molecule has 1 aromatic heterocycles. The first kappa shape index (κ1) is 13.2. The molecule has 0 spiro atoms. The molecule has 1 rings (SSSR count). The predicted octanol–water partition coefficient (Wildman–Crippen LogP) is -0.520. The van der Waals surface area contributed by atoms with E-state index in [2.05, 4.69) is 5.10 Å². The van der Waals surface area contributed by atoms with Crippen molar-refractivity contribution in [1.82, 2.24) is 14.7 Å². The van der Waals surface area contributed by atoms with Gasteiger partial charge in [0.25, 0.3) is 0 Å². The van der Waals surface area contributed by atoms with E-state index in [1.54, 1.807) is 25.0 Å². The number of carbonyl (C=O) groups excluding carboxylic acids is 1. The van der Waals surface area contributed by atoms with Gasteiger partial charge in [0.15, 0.2) is 0 Å². The van der Waals surface area contributed by atoms with Crippen molar-refractivity contribution in [1.29, 1.82) is 0 Å². The summed E-state index contributed by atoms with van der Waals surface area (Å²) in [7, 11) is 3.42. The number of ether oxygens (including phenoxy) is 1. The van der Waals surface area contributed by atoms with Gasteiger partial charge in [0.05, 0.1) is 6.20 Å². The molecule has 0 saturated heterocycles. The SMILES string of the molecule is CN(Cc1cnn(C)c1)C(=O)COCC(=O)O. The van der Waals surface area contributed by atoms with E-state index in [-0.39, 0.29) is 12.5 Å². The molecule has 0 fully saturated rings. The molecule has 7 heteroatoms. The molecular formula is C10H15N3O4. The lowest BCUT2D eigenvalue weighted by Crippen LogP contribution is -2.30. The van der Waals surface area contributed by atoms with Crippen molar-refractivity contribution in [2.24, 2.45) is 7.05 Å². The van der Waals surface area contributed by atoms with Crippen molar-refractivity contribution in [3.63, 3.8) is 0 Å². The van der Waals surface area contributed by atoms with Crippen molar-refractivity contribution >= 4 is 11.9 Å². The van der Waals surface area contributed by atoms with E-state index in [1.165, 1.54) is 4.90 Å². The molecule has 0 radical (unpaired) electrons. The summed E-state index contributed by atoms with van der Waals surface area (Å²) in [6, 6.07) is 0. The van der Waals surface area contributed by atoms with Gasteiger partial charge in [-0.05, 0) is 0 Å². The third kappa shape index (κ3) is 4.64. The Hall–Kier alpha value is -1.89. The second kappa shape index (κ2) is 6.00. The monoisotopic (exact) mass is 241 g/mol. The highest BCUT2D eigenvalue weighted by Gasteiger charge is 2.11. The number of likely N-dealkylation sites (N-methyl/N-ethyl adjacent to an activating group) is 1. The van der Waals surface area contributed by atoms with E-state index in [4.69, 9.17) is 9.84 Å². The zero-order chi connectivity index (χ0) is 12.8. The van der Waals surface area contributed by atoms with Crippen LogP contribution in [-0.2, 0) is 27.9 Å². The van der Waals surface area contributed by atoms with Gasteiger partial charge in [0.1, 0.15) is 13.2 Å². The number of carboxylic acids is 1. The Balaban J connectivity index is 2.34. The minimum atomic E-state index is -1.09. The van der Waals surface area contributed by atoms with Crippen molar-refractivity contribution < 1.29 is 19.4 Å². The van der Waals surface area contributed by atoms with Gasteiger partial charge in [-0.25, -0.2) is 4.79 Å². The summed E-state index contributed by atoms with van der Waals surface area (Å²) in [5.74, 6) is -1.36. The smallest absolute Gasteiger partial charge is 0.329 e. The van der Waals surface area contributed by atoms with Gasteiger partial charge < -0.3 is 14.7 Å². The summed E-state index contributed by atoms with van der Waals surface area (Å²) in [6.45, 7) is -0.279. The average Bonchev–Trinajstić information content (AvgIpc) is 2.63. The first-order chi connectivity index (χ1) is 7.99. The maximum absolute atomic E-state index is 11.5. The van der Waals surface area contributed by atoms with Crippen molar-refractivity contribution in [3.8, 4) is 0 Å². The Morgan fingerprint density at radius 2 is 2.24 bits per heavy atom. The molecule has 1 N–H and O–H groups in total. The minimum Gasteiger partial charge on any atom is -0.480 e. The Labute approximate surface area is 98.6 Å². The summed E-state index contributed by atoms with van der Waals surface area (Å²) in [5.41, 5.74) is 0.904. The van der Waals surface area contributed by atoms with Crippen LogP contribution in [0.15, 0.2) is 12.4 Å². The minimum absolute atomic E-state index is 0.233. The molecule has 0 atom stereocenters. The topological polar surface area (TPSA) is 84.7 Å². The molecule has 1 amide bonds. The molecule has 0 aliphatic rings. The van der Waals surface area contributed by atoms with E-state index >= 15 is 0 Å². The van der Waals surface area contributed by atoms with Crippen LogP contribution in [0.4, 0.5) is 0 Å². The summed E-state index contributed by atoms with van der Waals surface area (Å²) in [4.78, 5) is 23.2. The molecular weight excluding hydrogens is 226 g/mol. The summed E-state index contributed by atoms with van der Waals surface area (Å²) in [6.07, 6.45) is 3.48. The zero-order valence-electron chi connectivity index (χ0n) is 9.79. The maximum Gasteiger partial charge on any atom is 0.329 e. The van der Waals surface area contributed by atoms with Crippen LogP contribution >= 0.6 is 0 Å². The first-order valence-electron chi connectivity index (χ1n) is 5.00. The van der Waals surface area contributed by atoms with Crippen LogP contribution in [0.1, 0.15) is 5.56 Å². The number of aromatic nitrogens is 2. The number of amides is 1. The number of hydrogen-bond donors (Lipinski definition) is 1. The van der Waals surface area contributed by atoms with Gasteiger partial charge in [0, 0.05) is 32.4 Å². The van der Waals surface area contributed by atoms with Gasteiger partial charge in [-0.3, -0.25) is 9.48 Å². The quantitative estimate of drug-likeness (QED) is 0.724. The molecule has 1 heterocycles. The van der Waals surface area contributed by atoms with Gasteiger partial charge in [-0.1, -0.05) is 0 Å². The number of nitrogens with zero attached hydrogens (tertiary/aromatic N) is 3. The van der Waals surface area contributed by atoms with Crippen LogP contribution in [0.5, 0.6) is 0 Å². The number of aliphatic carboxylic acids is 1. The number of aryl methyl sites for hydroxylation is 1. The maximum atomic E-state index is 11.5. The molecule has 17 heavy (non-hydrogen) atoms. The Morgan fingerprint density at radius 3 is 2.76 bits per heavy atom. The Morgan fingerprint density at radius 1 is 1.53 bits per heavy atom. The fraction of sp³-hybridized carbons (Fsp3) is 0.500. The molecule has 0 aliphatic heterocycles. The highest BCUT2D eigenvalue weighted by molar-refractivity contribution is 5.77. The van der Waals surface area contributed by atoms with Crippen molar-refractivity contribution in [2.45, 2.75) is 6.54 Å². The molecule has 0 aliphatic carbocycles. The van der Waals surface area contributed by atoms with Crippen LogP contribution in [0.2, 0.25) is 0 Å². The fourth-order valence-electron chi connectivity index (χ4n) is 1.25. The third-order valence-corrected chi connectivity index (χ3v) is 2.05. The van der Waals surface area contributed by atoms with Crippen LogP contribution in [0.3, 0.4) is 0 Å². The molecule has 7 nitrogen and oxygen atoms in total. The summed E-state index contributed by atoms with van der Waals surface area (Å²) in [5, 5.41) is 12.3. The standard InChI is InChI=1S/C10H15N3O4/c1-12(4-8-3-11-13(2)5-8)9(14)6-17-7-10(15)16/h3,5H,4,6-7H2,1-2H3,(H,15,16).